The van der Waals surface area contributed by atoms with Crippen LogP contribution in [0, 0.1) is 0 Å². The summed E-state index contributed by atoms with van der Waals surface area (Å²) in [5.74, 6) is 0. The van der Waals surface area contributed by atoms with E-state index in [1.54, 1.807) is 0 Å². The number of aromatic nitrogens is 1. The monoisotopic (exact) mass is 93.1 g/mol. The molecule has 0 aliphatic heterocycles. The van der Waals surface area contributed by atoms with Crippen LogP contribution in [0.15, 0.2) is 24.5 Å². The van der Waals surface area contributed by atoms with Crippen LogP contribution in [0.1, 0.15) is 0 Å². The summed E-state index contributed by atoms with van der Waals surface area (Å²) in [5, 5.41) is 0. The molecule has 0 aliphatic carbocycles. The van der Waals surface area contributed by atoms with E-state index in [-0.39, 0.29) is 23.6 Å². The van der Waals surface area contributed by atoms with E-state index in [0.717, 1.165) is 0 Å². The summed E-state index contributed by atoms with van der Waals surface area (Å²) in [7, 11) is 0. The molecule has 34 valence electrons. The predicted octanol–water partition coefficient (Wildman–Crippen LogP) is -4.98. The Bertz CT molecular complexity index is 68.2. The first kappa shape index (κ1) is 9.93. The van der Waals surface area contributed by atoms with Gasteiger partial charge in [0.2, 0.25) is 0 Å². The molecular formula is C4H5FLiN. The Labute approximate surface area is 53.7 Å². The minimum Gasteiger partial charge on any atom is -1.00 e. The number of nitrogens with one attached hydrogen (secondary N) is 1. The summed E-state index contributed by atoms with van der Waals surface area (Å²) in [6.45, 7) is 0. The molecular weight excluding hydrogens is 88.0 g/mol. The average molecular weight is 93.0 g/mol. The summed E-state index contributed by atoms with van der Waals surface area (Å²) in [4.78, 5) is 2.86. The molecule has 0 radical (unpaired) electrons. The maximum atomic E-state index is 2.86. The zero-order valence-corrected chi connectivity index (χ0v) is 4.19. The summed E-state index contributed by atoms with van der Waals surface area (Å²) in [6, 6.07) is 3.89. The third-order valence-corrected chi connectivity index (χ3v) is 0.496. The Balaban J connectivity index is 0. The van der Waals surface area contributed by atoms with Crippen LogP contribution in [-0.2, 0) is 0 Å². The largest absolute Gasteiger partial charge is 1.00 e. The molecule has 0 aromatic carbocycles. The van der Waals surface area contributed by atoms with Gasteiger partial charge in [-0.15, -0.1) is 0 Å². The van der Waals surface area contributed by atoms with Crippen LogP contribution >= 0.6 is 0 Å². The van der Waals surface area contributed by atoms with Gasteiger partial charge in [-0.2, -0.15) is 0 Å². The van der Waals surface area contributed by atoms with Gasteiger partial charge >= 0.3 is 18.9 Å². The maximum Gasteiger partial charge on any atom is 1.00 e. The third kappa shape index (κ3) is 3.64. The van der Waals surface area contributed by atoms with Gasteiger partial charge in [-0.05, 0) is 12.1 Å². The quantitative estimate of drug-likeness (QED) is 0.309. The van der Waals surface area contributed by atoms with E-state index in [4.69, 9.17) is 0 Å². The van der Waals surface area contributed by atoms with Crippen molar-refractivity contribution in [2.45, 2.75) is 0 Å². The fourth-order valence-corrected chi connectivity index (χ4v) is 0.278. The van der Waals surface area contributed by atoms with Gasteiger partial charge in [-0.1, -0.05) is 0 Å². The van der Waals surface area contributed by atoms with Crippen molar-refractivity contribution < 1.29 is 23.6 Å². The van der Waals surface area contributed by atoms with Crippen molar-refractivity contribution in [3.8, 4) is 0 Å². The third-order valence-electron chi connectivity index (χ3n) is 0.496. The average Bonchev–Trinajstić information content (AvgIpc) is 1.76. The second kappa shape index (κ2) is 5.81. The number of halogens is 1. The van der Waals surface area contributed by atoms with Crippen LogP contribution in [0.4, 0.5) is 0 Å². The van der Waals surface area contributed by atoms with E-state index in [1.807, 2.05) is 24.5 Å². The Morgan fingerprint density at radius 3 is 1.57 bits per heavy atom. The molecule has 0 saturated carbocycles. The van der Waals surface area contributed by atoms with Gasteiger partial charge in [0.25, 0.3) is 0 Å². The Kier molecular flexibility index (Phi) is 8.24. The molecule has 0 spiro atoms. The van der Waals surface area contributed by atoms with E-state index < -0.39 is 0 Å². The van der Waals surface area contributed by atoms with Crippen LogP contribution in [0.3, 0.4) is 0 Å². The number of hydrogen-bond acceptors (Lipinski definition) is 0. The predicted molar refractivity (Wildman–Crippen MR) is 20.8 cm³/mol. The second-order valence-electron chi connectivity index (χ2n) is 0.885. The maximum absolute atomic E-state index is 2.86. The molecule has 7 heavy (non-hydrogen) atoms. The van der Waals surface area contributed by atoms with E-state index in [1.165, 1.54) is 0 Å². The molecule has 0 unspecified atom stereocenters. The van der Waals surface area contributed by atoms with Crippen molar-refractivity contribution >= 4 is 0 Å². The first-order valence-electron chi connectivity index (χ1n) is 1.58. The number of hydrogen-bond donors (Lipinski definition) is 1. The van der Waals surface area contributed by atoms with Gasteiger partial charge in [0.1, 0.15) is 0 Å². The standard InChI is InChI=1S/C4H5N.FH.Li/c1-2-4-5-3-1;;/h1-5H;1H;/q;;+1/p-1. The molecule has 0 bridgehead atoms. The number of aromatic amines is 1. The zero-order valence-electron chi connectivity index (χ0n) is 4.19. The molecule has 3 heteroatoms. The van der Waals surface area contributed by atoms with Crippen LogP contribution in [0.5, 0.6) is 0 Å². The summed E-state index contributed by atoms with van der Waals surface area (Å²) < 4.78 is 0. The second-order valence-corrected chi connectivity index (χ2v) is 0.885. The topological polar surface area (TPSA) is 15.8 Å². The molecule has 0 atom stereocenters. The summed E-state index contributed by atoms with van der Waals surface area (Å²) in [6.07, 6.45) is 3.75. The molecule has 1 aromatic rings. The van der Waals surface area contributed by atoms with Gasteiger partial charge in [0.15, 0.2) is 0 Å². The van der Waals surface area contributed by atoms with Crippen LogP contribution in [0.25, 0.3) is 0 Å². The van der Waals surface area contributed by atoms with Crippen molar-refractivity contribution in [1.82, 2.24) is 4.98 Å². The first-order valence-corrected chi connectivity index (χ1v) is 1.58. The van der Waals surface area contributed by atoms with Crippen LogP contribution < -0.4 is 23.6 Å². The van der Waals surface area contributed by atoms with E-state index in [2.05, 4.69) is 4.98 Å². The minimum absolute atomic E-state index is 0. The molecule has 0 fully saturated rings. The van der Waals surface area contributed by atoms with Crippen LogP contribution in [0.2, 0.25) is 0 Å². The smallest absolute Gasteiger partial charge is 1.00 e. The van der Waals surface area contributed by atoms with Crippen LogP contribution in [-0.4, -0.2) is 4.98 Å². The molecule has 0 saturated heterocycles. The van der Waals surface area contributed by atoms with Crippen molar-refractivity contribution in [3.63, 3.8) is 0 Å². The zero-order chi connectivity index (χ0) is 3.54. The Morgan fingerprint density at radius 2 is 1.43 bits per heavy atom. The normalized spacial score (nSPS) is 5.71. The van der Waals surface area contributed by atoms with Gasteiger partial charge in [-0.25, -0.2) is 0 Å². The molecule has 0 aliphatic rings. The SMILES string of the molecule is [F-].[Li+].c1cc[nH]c1. The molecule has 1 nitrogen and oxygen atoms in total. The van der Waals surface area contributed by atoms with Gasteiger partial charge < -0.3 is 9.69 Å². The molecule has 1 N–H and O–H groups in total. The molecule has 1 heterocycles. The van der Waals surface area contributed by atoms with E-state index in [0.29, 0.717) is 0 Å². The van der Waals surface area contributed by atoms with E-state index in [9.17, 15) is 0 Å². The molecule has 0 amide bonds. The molecule has 1 rings (SSSR count). The molecule has 1 aromatic heterocycles. The van der Waals surface area contributed by atoms with Crippen molar-refractivity contribution in [3.05, 3.63) is 24.5 Å². The van der Waals surface area contributed by atoms with Crippen molar-refractivity contribution in [2.24, 2.45) is 0 Å². The Hall–Kier alpha value is -0.193. The van der Waals surface area contributed by atoms with Gasteiger partial charge in [0, 0.05) is 12.4 Å². The summed E-state index contributed by atoms with van der Waals surface area (Å²) in [5.41, 5.74) is 0. The van der Waals surface area contributed by atoms with Gasteiger partial charge in [0.05, 0.1) is 0 Å². The number of rotatable bonds is 0. The summed E-state index contributed by atoms with van der Waals surface area (Å²) >= 11 is 0. The first-order chi connectivity index (χ1) is 2.50. The Morgan fingerprint density at radius 1 is 1.00 bits per heavy atom. The minimum atomic E-state index is 0. The fraction of sp³-hybridized carbons (Fsp3) is 0. The number of H-pyrrole nitrogens is 1. The fourth-order valence-electron chi connectivity index (χ4n) is 0.278. The van der Waals surface area contributed by atoms with E-state index >= 15 is 0 Å². The van der Waals surface area contributed by atoms with Crippen molar-refractivity contribution in [2.75, 3.05) is 0 Å². The van der Waals surface area contributed by atoms with Crippen molar-refractivity contribution in [1.29, 1.82) is 0 Å². The van der Waals surface area contributed by atoms with Gasteiger partial charge in [-0.3, -0.25) is 0 Å².